The second-order valence-electron chi connectivity index (χ2n) is 7.60. The molecule has 0 saturated heterocycles. The van der Waals surface area contributed by atoms with Crippen LogP contribution in [0, 0.1) is 0 Å². The monoisotopic (exact) mass is 488 g/mol. The second kappa shape index (κ2) is 10.9. The number of aryl methyl sites for hydroxylation is 2. The molecule has 0 spiro atoms. The first-order chi connectivity index (χ1) is 14.5. The number of hydrogen-bond acceptors (Lipinski definition) is 3. The first-order valence-electron chi connectivity index (χ1n) is 10.4. The zero-order valence-corrected chi connectivity index (χ0v) is 19.5. The van der Waals surface area contributed by atoms with Crippen LogP contribution in [0.15, 0.2) is 46.0 Å². The minimum Gasteiger partial charge on any atom is -0.299 e. The minimum atomic E-state index is -0.0293. The van der Waals surface area contributed by atoms with Crippen LogP contribution in [-0.4, -0.2) is 17.4 Å². The van der Waals surface area contributed by atoms with Gasteiger partial charge in [0.25, 0.3) is 0 Å². The SMILES string of the molecule is CCc1cc(Cl)c(CC(=O)CCc2ccc(/C3=N/NC(=O)CCCC3)cc2)c(Br)c1. The van der Waals surface area contributed by atoms with E-state index in [0.29, 0.717) is 30.7 Å². The third-order valence-electron chi connectivity index (χ3n) is 5.35. The lowest BCUT2D eigenvalue weighted by molar-refractivity contribution is -0.121. The largest absolute Gasteiger partial charge is 0.299 e. The third-order valence-corrected chi connectivity index (χ3v) is 6.39. The molecule has 0 fully saturated rings. The van der Waals surface area contributed by atoms with E-state index in [9.17, 15) is 9.59 Å². The Morgan fingerprint density at radius 1 is 1.13 bits per heavy atom. The van der Waals surface area contributed by atoms with E-state index in [-0.39, 0.29) is 11.7 Å². The van der Waals surface area contributed by atoms with Crippen LogP contribution in [0.4, 0.5) is 0 Å². The molecule has 0 aromatic heterocycles. The van der Waals surface area contributed by atoms with Gasteiger partial charge in [-0.05, 0) is 66.5 Å². The maximum absolute atomic E-state index is 12.5. The van der Waals surface area contributed by atoms with Crippen molar-refractivity contribution < 1.29 is 9.59 Å². The highest BCUT2D eigenvalue weighted by molar-refractivity contribution is 9.10. The fourth-order valence-electron chi connectivity index (χ4n) is 3.49. The molecule has 30 heavy (non-hydrogen) atoms. The van der Waals surface area contributed by atoms with E-state index in [2.05, 4.69) is 33.4 Å². The maximum atomic E-state index is 12.5. The van der Waals surface area contributed by atoms with E-state index in [1.807, 2.05) is 36.4 Å². The standard InChI is InChI=1S/C24H26BrClN2O2/c1-2-16-13-21(25)20(22(26)14-16)15-19(29)12-9-17-7-10-18(11-8-17)23-5-3-4-6-24(30)28-27-23/h7-8,10-11,13-14H,2-6,9,12,15H2,1H3,(H,28,30)/b27-23+. The molecule has 0 aliphatic carbocycles. The van der Waals surface area contributed by atoms with Gasteiger partial charge in [-0.25, -0.2) is 5.43 Å². The molecule has 3 rings (SSSR count). The van der Waals surface area contributed by atoms with Crippen molar-refractivity contribution in [1.29, 1.82) is 0 Å². The van der Waals surface area contributed by atoms with Gasteiger partial charge < -0.3 is 0 Å². The van der Waals surface area contributed by atoms with Crippen LogP contribution < -0.4 is 5.43 Å². The first kappa shape index (κ1) is 22.7. The molecule has 1 N–H and O–H groups in total. The number of hydrazone groups is 1. The van der Waals surface area contributed by atoms with Gasteiger partial charge in [-0.2, -0.15) is 5.10 Å². The quantitative estimate of drug-likeness (QED) is 0.534. The number of carbonyl (C=O) groups is 2. The lowest BCUT2D eigenvalue weighted by Crippen LogP contribution is -2.21. The zero-order valence-electron chi connectivity index (χ0n) is 17.1. The summed E-state index contributed by atoms with van der Waals surface area (Å²) in [6.07, 6.45) is 5.61. The summed E-state index contributed by atoms with van der Waals surface area (Å²) in [5, 5.41) is 4.90. The Bertz CT molecular complexity index is 931. The predicted octanol–water partition coefficient (Wildman–Crippen LogP) is 5.80. The number of ketones is 1. The number of Topliss-reactive ketones (excluding diaryl/α,β-unsaturated/α-hetero) is 1. The number of hydrogen-bond donors (Lipinski definition) is 1. The number of rotatable bonds is 7. The van der Waals surface area contributed by atoms with Gasteiger partial charge in [-0.1, -0.05) is 58.7 Å². The van der Waals surface area contributed by atoms with Gasteiger partial charge in [0.1, 0.15) is 5.78 Å². The van der Waals surface area contributed by atoms with Crippen molar-refractivity contribution in [3.63, 3.8) is 0 Å². The van der Waals surface area contributed by atoms with Gasteiger partial charge in [0.05, 0.1) is 5.71 Å². The molecule has 0 bridgehead atoms. The van der Waals surface area contributed by atoms with Crippen LogP contribution in [0.1, 0.15) is 61.3 Å². The molecule has 0 radical (unpaired) electrons. The summed E-state index contributed by atoms with van der Waals surface area (Å²) < 4.78 is 0.900. The molecular formula is C24H26BrClN2O2. The zero-order chi connectivity index (χ0) is 21.5. The maximum Gasteiger partial charge on any atom is 0.240 e. The van der Waals surface area contributed by atoms with Crippen molar-refractivity contribution in [2.24, 2.45) is 5.10 Å². The molecule has 1 heterocycles. The summed E-state index contributed by atoms with van der Waals surface area (Å²) in [6, 6.07) is 12.1. The lowest BCUT2D eigenvalue weighted by atomic mass is 9.98. The fraction of sp³-hybridized carbons (Fsp3) is 0.375. The van der Waals surface area contributed by atoms with Crippen molar-refractivity contribution in [1.82, 2.24) is 5.43 Å². The van der Waals surface area contributed by atoms with Crippen molar-refractivity contribution in [3.05, 3.63) is 68.1 Å². The summed E-state index contributed by atoms with van der Waals surface area (Å²) in [5.41, 5.74) is 7.65. The van der Waals surface area contributed by atoms with Gasteiger partial charge >= 0.3 is 0 Å². The van der Waals surface area contributed by atoms with E-state index in [1.54, 1.807) is 0 Å². The van der Waals surface area contributed by atoms with Crippen LogP contribution in [0.3, 0.4) is 0 Å². The first-order valence-corrected chi connectivity index (χ1v) is 11.6. The van der Waals surface area contributed by atoms with Gasteiger partial charge in [-0.3, -0.25) is 9.59 Å². The number of carbonyl (C=O) groups excluding carboxylic acids is 2. The number of nitrogens with zero attached hydrogens (tertiary/aromatic N) is 1. The fourth-order valence-corrected chi connectivity index (χ4v) is 4.56. The molecule has 1 aliphatic heterocycles. The summed E-state index contributed by atoms with van der Waals surface area (Å²) in [4.78, 5) is 24.1. The number of benzene rings is 2. The van der Waals surface area contributed by atoms with Crippen molar-refractivity contribution in [2.45, 2.75) is 58.3 Å². The molecule has 6 heteroatoms. The number of nitrogens with one attached hydrogen (secondary N) is 1. The van der Waals surface area contributed by atoms with E-state index in [1.165, 1.54) is 0 Å². The summed E-state index contributed by atoms with van der Waals surface area (Å²) >= 11 is 9.93. The number of halogens is 2. The van der Waals surface area contributed by atoms with Gasteiger partial charge in [0, 0.05) is 28.8 Å². The van der Waals surface area contributed by atoms with E-state index >= 15 is 0 Å². The molecular weight excluding hydrogens is 464 g/mol. The Morgan fingerprint density at radius 2 is 1.87 bits per heavy atom. The summed E-state index contributed by atoms with van der Waals surface area (Å²) in [6.45, 7) is 2.08. The highest BCUT2D eigenvalue weighted by atomic mass is 79.9. The van der Waals surface area contributed by atoms with Crippen LogP contribution in [0.25, 0.3) is 0 Å². The average Bonchev–Trinajstić information content (AvgIpc) is 2.72. The van der Waals surface area contributed by atoms with E-state index in [0.717, 1.165) is 58.1 Å². The van der Waals surface area contributed by atoms with Crippen molar-refractivity contribution in [2.75, 3.05) is 0 Å². The molecule has 1 amide bonds. The van der Waals surface area contributed by atoms with E-state index in [4.69, 9.17) is 11.6 Å². The highest BCUT2D eigenvalue weighted by Gasteiger charge is 2.13. The molecule has 4 nitrogen and oxygen atoms in total. The predicted molar refractivity (Wildman–Crippen MR) is 125 cm³/mol. The van der Waals surface area contributed by atoms with Gasteiger partial charge in [0.15, 0.2) is 0 Å². The molecule has 0 unspecified atom stereocenters. The third kappa shape index (κ3) is 6.26. The summed E-state index contributed by atoms with van der Waals surface area (Å²) in [5.74, 6) is 0.136. The normalized spacial score (nSPS) is 16.2. The topological polar surface area (TPSA) is 58.5 Å². The molecule has 0 atom stereocenters. The Kier molecular flexibility index (Phi) is 8.23. The van der Waals surface area contributed by atoms with Crippen molar-refractivity contribution >= 4 is 44.9 Å². The van der Waals surface area contributed by atoms with Crippen LogP contribution in [0.2, 0.25) is 5.02 Å². The van der Waals surface area contributed by atoms with Crippen molar-refractivity contribution in [3.8, 4) is 0 Å². The van der Waals surface area contributed by atoms with Crippen LogP contribution >= 0.6 is 27.5 Å². The molecule has 2 aromatic carbocycles. The summed E-state index contributed by atoms with van der Waals surface area (Å²) in [7, 11) is 0. The Hall–Kier alpha value is -1.98. The molecule has 0 saturated carbocycles. The van der Waals surface area contributed by atoms with Gasteiger partial charge in [0.2, 0.25) is 5.91 Å². The average molecular weight is 490 g/mol. The smallest absolute Gasteiger partial charge is 0.240 e. The second-order valence-corrected chi connectivity index (χ2v) is 8.87. The Labute approximate surface area is 191 Å². The van der Waals surface area contributed by atoms with Gasteiger partial charge in [-0.15, -0.1) is 0 Å². The van der Waals surface area contributed by atoms with Crippen LogP contribution in [0.5, 0.6) is 0 Å². The Morgan fingerprint density at radius 3 is 2.57 bits per heavy atom. The molecule has 1 aliphatic rings. The number of amides is 1. The highest BCUT2D eigenvalue weighted by Crippen LogP contribution is 2.28. The van der Waals surface area contributed by atoms with Crippen LogP contribution in [-0.2, 0) is 28.9 Å². The molecule has 158 valence electrons. The van der Waals surface area contributed by atoms with E-state index < -0.39 is 0 Å². The molecule has 2 aromatic rings. The lowest BCUT2D eigenvalue weighted by Gasteiger charge is -2.12. The minimum absolute atomic E-state index is 0.0293. The Balaban J connectivity index is 1.58.